The van der Waals surface area contributed by atoms with Crippen molar-refractivity contribution in [3.05, 3.63) is 57.5 Å². The molecule has 96 valence electrons. The zero-order valence-electron chi connectivity index (χ0n) is 10.6. The van der Waals surface area contributed by atoms with Crippen molar-refractivity contribution in [2.24, 2.45) is 0 Å². The number of carbonyl (C=O) groups is 1. The Labute approximate surface area is 120 Å². The molecule has 19 heavy (non-hydrogen) atoms. The Hall–Kier alpha value is -1.86. The number of benzene rings is 1. The molecule has 1 aromatic carbocycles. The molecule has 0 radical (unpaired) electrons. The van der Waals surface area contributed by atoms with E-state index < -0.39 is 5.92 Å². The quantitative estimate of drug-likeness (QED) is 0.799. The minimum atomic E-state index is -0.836. The van der Waals surface area contributed by atoms with Crippen LogP contribution in [0.5, 0.6) is 0 Å². The summed E-state index contributed by atoms with van der Waals surface area (Å²) >= 11 is 3.15. The number of Topliss-reactive ketones (excluding diaryl/α,β-unsaturated/α-hetero) is 1. The third-order valence-corrected chi connectivity index (χ3v) is 3.50. The average Bonchev–Trinajstić information content (AvgIpc) is 2.81. The summed E-state index contributed by atoms with van der Waals surface area (Å²) in [6.07, 6.45) is 0. The van der Waals surface area contributed by atoms with Crippen LogP contribution in [0.4, 0.5) is 0 Å². The van der Waals surface area contributed by atoms with E-state index in [9.17, 15) is 10.1 Å². The van der Waals surface area contributed by atoms with Crippen LogP contribution < -0.4 is 0 Å². The monoisotopic (exact) mass is 317 g/mol. The van der Waals surface area contributed by atoms with E-state index in [0.29, 0.717) is 10.2 Å². The van der Waals surface area contributed by atoms with Gasteiger partial charge < -0.3 is 4.42 Å². The van der Waals surface area contributed by atoms with Crippen molar-refractivity contribution in [3.63, 3.8) is 0 Å². The maximum atomic E-state index is 12.2. The van der Waals surface area contributed by atoms with Gasteiger partial charge in [0.1, 0.15) is 5.92 Å². The normalized spacial score (nSPS) is 11.9. The number of halogens is 1. The minimum Gasteiger partial charge on any atom is -0.446 e. The van der Waals surface area contributed by atoms with Crippen molar-refractivity contribution < 1.29 is 9.21 Å². The Morgan fingerprint density at radius 1 is 1.26 bits per heavy atom. The molecule has 0 spiro atoms. The van der Waals surface area contributed by atoms with Crippen LogP contribution in [-0.4, -0.2) is 5.78 Å². The molecular weight excluding hydrogens is 306 g/mol. The van der Waals surface area contributed by atoms with Gasteiger partial charge in [0.25, 0.3) is 0 Å². The second-order valence-electron chi connectivity index (χ2n) is 4.37. The van der Waals surface area contributed by atoms with E-state index in [0.717, 1.165) is 11.1 Å². The molecular formula is C15H12BrNO2. The summed E-state index contributed by atoms with van der Waals surface area (Å²) in [7, 11) is 0. The maximum Gasteiger partial charge on any atom is 0.219 e. The van der Waals surface area contributed by atoms with Crippen molar-refractivity contribution in [3.8, 4) is 6.07 Å². The van der Waals surface area contributed by atoms with Gasteiger partial charge in [0, 0.05) is 0 Å². The van der Waals surface area contributed by atoms with Gasteiger partial charge >= 0.3 is 0 Å². The Morgan fingerprint density at radius 2 is 2.00 bits per heavy atom. The summed E-state index contributed by atoms with van der Waals surface area (Å²) in [6, 6.07) is 10.9. The molecule has 0 bridgehead atoms. The molecule has 0 amide bonds. The van der Waals surface area contributed by atoms with Crippen molar-refractivity contribution >= 4 is 21.7 Å². The fraction of sp³-hybridized carbons (Fsp3) is 0.200. The molecule has 3 nitrogen and oxygen atoms in total. The molecule has 1 aromatic heterocycles. The second kappa shape index (κ2) is 5.41. The molecule has 0 fully saturated rings. The zero-order valence-corrected chi connectivity index (χ0v) is 12.2. The van der Waals surface area contributed by atoms with E-state index in [1.54, 1.807) is 12.1 Å². The zero-order chi connectivity index (χ0) is 14.0. The molecule has 4 heteroatoms. The van der Waals surface area contributed by atoms with Gasteiger partial charge in [0.05, 0.1) is 6.07 Å². The van der Waals surface area contributed by atoms with Gasteiger partial charge in [0.15, 0.2) is 10.4 Å². The maximum absolute atomic E-state index is 12.2. The molecule has 0 aliphatic carbocycles. The van der Waals surface area contributed by atoms with Crippen LogP contribution >= 0.6 is 15.9 Å². The lowest BCUT2D eigenvalue weighted by atomic mass is 9.92. The molecule has 0 aliphatic heterocycles. The van der Waals surface area contributed by atoms with Crippen LogP contribution in [-0.2, 0) is 0 Å². The molecule has 1 unspecified atom stereocenters. The fourth-order valence-electron chi connectivity index (χ4n) is 1.82. The van der Waals surface area contributed by atoms with Crippen LogP contribution in [0.3, 0.4) is 0 Å². The SMILES string of the molecule is Cc1ccc(C(C#N)C(=O)c2ccc(Br)o2)cc1C. The average molecular weight is 318 g/mol. The Bertz CT molecular complexity index is 667. The summed E-state index contributed by atoms with van der Waals surface area (Å²) < 4.78 is 5.70. The van der Waals surface area contributed by atoms with Gasteiger partial charge in [-0.05, 0) is 58.6 Å². The third kappa shape index (κ3) is 2.77. The molecule has 0 N–H and O–H groups in total. The van der Waals surface area contributed by atoms with Crippen molar-refractivity contribution in [2.75, 3.05) is 0 Å². The van der Waals surface area contributed by atoms with Gasteiger partial charge in [-0.1, -0.05) is 18.2 Å². The van der Waals surface area contributed by atoms with Gasteiger partial charge in [-0.15, -0.1) is 0 Å². The molecule has 0 aliphatic rings. The molecule has 1 atom stereocenters. The summed E-state index contributed by atoms with van der Waals surface area (Å²) in [6.45, 7) is 3.95. The lowest BCUT2D eigenvalue weighted by molar-refractivity contribution is 0.0950. The number of hydrogen-bond donors (Lipinski definition) is 0. The van der Waals surface area contributed by atoms with Gasteiger partial charge in [-0.2, -0.15) is 5.26 Å². The van der Waals surface area contributed by atoms with Crippen LogP contribution in [0.25, 0.3) is 0 Å². The predicted octanol–water partition coefficient (Wildman–Crippen LogP) is 4.15. The fourth-order valence-corrected chi connectivity index (χ4v) is 2.12. The number of carbonyl (C=O) groups excluding carboxylic acids is 1. The number of nitriles is 1. The topological polar surface area (TPSA) is 54.0 Å². The smallest absolute Gasteiger partial charge is 0.219 e. The van der Waals surface area contributed by atoms with Crippen LogP contribution in [0.2, 0.25) is 0 Å². The van der Waals surface area contributed by atoms with E-state index in [4.69, 9.17) is 4.42 Å². The number of ketones is 1. The summed E-state index contributed by atoms with van der Waals surface area (Å²) in [5.41, 5.74) is 2.89. The van der Waals surface area contributed by atoms with Crippen LogP contribution in [0, 0.1) is 25.2 Å². The summed E-state index contributed by atoms with van der Waals surface area (Å²) in [4.78, 5) is 12.2. The van der Waals surface area contributed by atoms with Crippen LogP contribution in [0.1, 0.15) is 33.2 Å². The summed E-state index contributed by atoms with van der Waals surface area (Å²) in [5, 5.41) is 9.25. The number of hydrogen-bond acceptors (Lipinski definition) is 3. The van der Waals surface area contributed by atoms with Gasteiger partial charge in [-0.25, -0.2) is 0 Å². The number of rotatable bonds is 3. The minimum absolute atomic E-state index is 0.191. The summed E-state index contributed by atoms with van der Waals surface area (Å²) in [5.74, 6) is -0.967. The van der Waals surface area contributed by atoms with E-state index >= 15 is 0 Å². The van der Waals surface area contributed by atoms with E-state index in [2.05, 4.69) is 15.9 Å². The van der Waals surface area contributed by atoms with E-state index in [1.165, 1.54) is 0 Å². The van der Waals surface area contributed by atoms with Crippen molar-refractivity contribution in [2.45, 2.75) is 19.8 Å². The lowest BCUT2D eigenvalue weighted by Crippen LogP contribution is -2.10. The molecule has 2 rings (SSSR count). The molecule has 0 saturated carbocycles. The number of furan rings is 1. The van der Waals surface area contributed by atoms with Crippen LogP contribution in [0.15, 0.2) is 39.4 Å². The number of nitrogens with zero attached hydrogens (tertiary/aromatic N) is 1. The van der Waals surface area contributed by atoms with E-state index in [-0.39, 0.29) is 11.5 Å². The molecule has 0 saturated heterocycles. The highest BCUT2D eigenvalue weighted by Gasteiger charge is 2.24. The number of aryl methyl sites for hydroxylation is 2. The van der Waals surface area contributed by atoms with Crippen molar-refractivity contribution in [1.29, 1.82) is 5.26 Å². The Kier molecular flexibility index (Phi) is 3.87. The predicted molar refractivity (Wildman–Crippen MR) is 75.0 cm³/mol. The van der Waals surface area contributed by atoms with E-state index in [1.807, 2.05) is 38.1 Å². The first kappa shape index (κ1) is 13.6. The lowest BCUT2D eigenvalue weighted by Gasteiger charge is -2.09. The molecule has 1 heterocycles. The second-order valence-corrected chi connectivity index (χ2v) is 5.16. The Morgan fingerprint density at radius 3 is 2.53 bits per heavy atom. The molecule has 2 aromatic rings. The largest absolute Gasteiger partial charge is 0.446 e. The highest BCUT2D eigenvalue weighted by molar-refractivity contribution is 9.10. The van der Waals surface area contributed by atoms with Crippen molar-refractivity contribution in [1.82, 2.24) is 0 Å². The highest BCUT2D eigenvalue weighted by atomic mass is 79.9. The third-order valence-electron chi connectivity index (χ3n) is 3.07. The highest BCUT2D eigenvalue weighted by Crippen LogP contribution is 2.25. The first-order chi connectivity index (χ1) is 9.02. The van der Waals surface area contributed by atoms with Gasteiger partial charge in [-0.3, -0.25) is 4.79 Å². The first-order valence-corrected chi connectivity index (χ1v) is 6.58. The van der Waals surface area contributed by atoms with Gasteiger partial charge in [0.2, 0.25) is 5.78 Å². The Balaban J connectivity index is 2.37. The standard InChI is InChI=1S/C15H12BrNO2/c1-9-3-4-11(7-10(9)2)12(8-17)15(18)13-5-6-14(16)19-13/h3-7,12H,1-2H3. The first-order valence-electron chi connectivity index (χ1n) is 5.79.